The van der Waals surface area contributed by atoms with Gasteiger partial charge in [-0.05, 0) is 99.2 Å². The van der Waals surface area contributed by atoms with Crippen molar-refractivity contribution in [1.82, 2.24) is 20.4 Å². The number of phenolic OH excluding ortho intramolecular Hbond substituents is 2. The molecule has 2 heterocycles. The highest BCUT2D eigenvalue weighted by Gasteiger charge is 2.36. The molecular formula is C34H36F6N6O6. The topological polar surface area (TPSA) is 197 Å². The van der Waals surface area contributed by atoms with Gasteiger partial charge in [0, 0.05) is 11.1 Å². The van der Waals surface area contributed by atoms with Crippen molar-refractivity contribution in [1.29, 1.82) is 0 Å². The number of phenols is 2. The first-order chi connectivity index (χ1) is 24.3. The summed E-state index contributed by atoms with van der Waals surface area (Å²) in [6.07, 6.45) is -10.4. The smallest absolute Gasteiger partial charge is 0.416 e. The molecule has 4 aromatic rings. The van der Waals surface area contributed by atoms with Gasteiger partial charge in [-0.15, -0.1) is 20.4 Å². The summed E-state index contributed by atoms with van der Waals surface area (Å²) in [7, 11) is 0. The average molecular weight is 739 g/mol. The molecule has 0 aliphatic heterocycles. The second-order valence-electron chi connectivity index (χ2n) is 12.7. The maximum absolute atomic E-state index is 12.8. The standard InChI is InChI=1S/2C17H18F3N3O3/c2*1-8-6-9(17(18,19)20)7-13(25)15(8)10-3-5-14(23-22-10)21-11-2-4-12(24)16(11)26/h2*3,5-7,11-12,16,24-26H,2,4H2,1H3,(H,21,23)/t11-,12-,16+;11-,12-,16-/m00/s1. The molecule has 2 saturated carbocycles. The van der Waals surface area contributed by atoms with Crippen molar-refractivity contribution >= 4 is 11.6 Å². The molecule has 0 spiro atoms. The quantitative estimate of drug-likeness (QED) is 0.124. The van der Waals surface area contributed by atoms with Crippen molar-refractivity contribution in [3.8, 4) is 34.0 Å². The Hall–Kier alpha value is -4.78. The first kappa shape index (κ1) is 38.5. The lowest BCUT2D eigenvalue weighted by molar-refractivity contribution is -0.138. The third kappa shape index (κ3) is 8.63. The Morgan fingerprint density at radius 1 is 0.558 bits per heavy atom. The van der Waals surface area contributed by atoms with Crippen LogP contribution >= 0.6 is 0 Å². The Balaban J connectivity index is 0.000000201. The highest BCUT2D eigenvalue weighted by Crippen LogP contribution is 2.40. The second kappa shape index (κ2) is 15.1. The molecule has 18 heteroatoms. The third-order valence-electron chi connectivity index (χ3n) is 8.95. The predicted octanol–water partition coefficient (Wildman–Crippen LogP) is 4.95. The second-order valence-corrected chi connectivity index (χ2v) is 12.7. The van der Waals surface area contributed by atoms with E-state index < -0.39 is 59.4 Å². The minimum Gasteiger partial charge on any atom is -0.507 e. The van der Waals surface area contributed by atoms with E-state index in [4.69, 9.17) is 0 Å². The number of hydrogen-bond donors (Lipinski definition) is 8. The van der Waals surface area contributed by atoms with Crippen LogP contribution in [0.2, 0.25) is 0 Å². The van der Waals surface area contributed by atoms with Crippen molar-refractivity contribution in [2.45, 2.75) is 88.4 Å². The van der Waals surface area contributed by atoms with E-state index >= 15 is 0 Å². The number of aryl methyl sites for hydroxylation is 2. The number of benzene rings is 2. The average Bonchev–Trinajstić information content (AvgIpc) is 3.55. The third-order valence-corrected chi connectivity index (χ3v) is 8.95. The summed E-state index contributed by atoms with van der Waals surface area (Å²) in [6.45, 7) is 2.91. The zero-order valence-corrected chi connectivity index (χ0v) is 27.7. The van der Waals surface area contributed by atoms with Crippen LogP contribution in [-0.2, 0) is 12.4 Å². The molecule has 6 atom stereocenters. The summed E-state index contributed by atoms with van der Waals surface area (Å²) in [5.41, 5.74) is -0.616. The van der Waals surface area contributed by atoms with Crippen LogP contribution in [0.4, 0.5) is 38.0 Å². The van der Waals surface area contributed by atoms with Crippen LogP contribution in [0.15, 0.2) is 48.5 Å². The van der Waals surface area contributed by atoms with Gasteiger partial charge >= 0.3 is 12.4 Å². The molecule has 2 fully saturated rings. The normalized spacial score (nSPS) is 23.2. The predicted molar refractivity (Wildman–Crippen MR) is 175 cm³/mol. The molecule has 0 saturated heterocycles. The summed E-state index contributed by atoms with van der Waals surface area (Å²) in [4.78, 5) is 0. The van der Waals surface area contributed by atoms with Crippen LogP contribution in [0.25, 0.3) is 22.5 Å². The number of anilines is 2. The fourth-order valence-electron chi connectivity index (χ4n) is 6.23. The molecule has 52 heavy (non-hydrogen) atoms. The molecule has 2 aromatic carbocycles. The number of rotatable bonds is 6. The lowest BCUT2D eigenvalue weighted by atomic mass is 10.0. The highest BCUT2D eigenvalue weighted by atomic mass is 19.4. The molecule has 2 aliphatic rings. The van der Waals surface area contributed by atoms with E-state index in [2.05, 4.69) is 31.0 Å². The van der Waals surface area contributed by atoms with Crippen LogP contribution in [-0.4, -0.2) is 87.5 Å². The molecule has 0 amide bonds. The van der Waals surface area contributed by atoms with Gasteiger partial charge in [-0.2, -0.15) is 26.3 Å². The van der Waals surface area contributed by atoms with Gasteiger partial charge in [0.25, 0.3) is 0 Å². The number of aromatic hydroxyl groups is 2. The van der Waals surface area contributed by atoms with Gasteiger partial charge in [0.2, 0.25) is 0 Å². The maximum atomic E-state index is 12.8. The van der Waals surface area contributed by atoms with E-state index in [1.54, 1.807) is 12.1 Å². The van der Waals surface area contributed by atoms with Crippen molar-refractivity contribution in [2.75, 3.05) is 10.6 Å². The number of alkyl halides is 6. The molecule has 0 radical (unpaired) electrons. The van der Waals surface area contributed by atoms with Gasteiger partial charge in [-0.25, -0.2) is 0 Å². The van der Waals surface area contributed by atoms with Gasteiger partial charge in [-0.1, -0.05) is 0 Å². The zero-order valence-electron chi connectivity index (χ0n) is 27.7. The minimum absolute atomic E-state index is 0.174. The van der Waals surface area contributed by atoms with E-state index in [9.17, 15) is 57.0 Å². The zero-order chi connectivity index (χ0) is 38.1. The van der Waals surface area contributed by atoms with Gasteiger partial charge in [0.05, 0.1) is 59.0 Å². The Labute approximate surface area is 292 Å². The van der Waals surface area contributed by atoms with Crippen molar-refractivity contribution in [3.63, 3.8) is 0 Å². The highest BCUT2D eigenvalue weighted by molar-refractivity contribution is 5.72. The van der Waals surface area contributed by atoms with E-state index in [-0.39, 0.29) is 45.7 Å². The number of aromatic nitrogens is 4. The Bertz CT molecular complexity index is 1680. The molecular weight excluding hydrogens is 702 g/mol. The minimum atomic E-state index is -4.55. The number of aliphatic hydroxyl groups is 4. The fourth-order valence-corrected chi connectivity index (χ4v) is 6.23. The number of hydrogen-bond acceptors (Lipinski definition) is 12. The SMILES string of the molecule is Cc1cc(C(F)(F)F)cc(O)c1-c1ccc(N[C@H]2CC[C@H](O)[C@@H]2O)nn1.Cc1cc(C(F)(F)F)cc(O)c1-c1ccc(N[C@H]2CC[C@H](O)[C@H]2O)nn1. The first-order valence-electron chi connectivity index (χ1n) is 16.1. The van der Waals surface area contributed by atoms with Crippen LogP contribution in [0.1, 0.15) is 47.9 Å². The molecule has 8 N–H and O–H groups in total. The molecule has 6 rings (SSSR count). The van der Waals surface area contributed by atoms with E-state index in [1.165, 1.54) is 26.0 Å². The van der Waals surface area contributed by atoms with Gasteiger partial charge in [0.1, 0.15) is 23.1 Å². The summed E-state index contributed by atoms with van der Waals surface area (Å²) < 4.78 is 76.8. The summed E-state index contributed by atoms with van der Waals surface area (Å²) in [6, 6.07) is 8.63. The van der Waals surface area contributed by atoms with Crippen LogP contribution in [0.5, 0.6) is 11.5 Å². The maximum Gasteiger partial charge on any atom is 0.416 e. The summed E-state index contributed by atoms with van der Waals surface area (Å²) >= 11 is 0. The Morgan fingerprint density at radius 3 is 1.17 bits per heavy atom. The molecule has 0 unspecified atom stereocenters. The first-order valence-corrected chi connectivity index (χ1v) is 16.1. The van der Waals surface area contributed by atoms with Gasteiger partial charge < -0.3 is 41.3 Å². The van der Waals surface area contributed by atoms with Crippen molar-refractivity contribution in [2.24, 2.45) is 0 Å². The Morgan fingerprint density at radius 2 is 0.923 bits per heavy atom. The number of halogens is 6. The number of aliphatic hydroxyl groups excluding tert-OH is 4. The van der Waals surface area contributed by atoms with Gasteiger partial charge in [0.15, 0.2) is 0 Å². The Kier molecular flexibility index (Phi) is 11.1. The van der Waals surface area contributed by atoms with Crippen LogP contribution in [0.3, 0.4) is 0 Å². The molecule has 280 valence electrons. The monoisotopic (exact) mass is 738 g/mol. The summed E-state index contributed by atoms with van der Waals surface area (Å²) in [5, 5.41) is 80.5. The number of nitrogens with zero attached hydrogens (tertiary/aromatic N) is 4. The van der Waals surface area contributed by atoms with E-state index in [0.717, 1.165) is 12.1 Å². The number of nitrogens with one attached hydrogen (secondary N) is 2. The lowest BCUT2D eigenvalue weighted by Gasteiger charge is -2.18. The van der Waals surface area contributed by atoms with Crippen molar-refractivity contribution in [3.05, 3.63) is 70.8 Å². The molecule has 12 nitrogen and oxygen atoms in total. The van der Waals surface area contributed by atoms with E-state index in [0.29, 0.717) is 49.5 Å². The molecule has 2 aliphatic carbocycles. The largest absolute Gasteiger partial charge is 0.507 e. The summed E-state index contributed by atoms with van der Waals surface area (Å²) in [5.74, 6) is -0.338. The van der Waals surface area contributed by atoms with Crippen LogP contribution in [0, 0.1) is 13.8 Å². The van der Waals surface area contributed by atoms with Crippen molar-refractivity contribution < 1.29 is 57.0 Å². The van der Waals surface area contributed by atoms with Crippen LogP contribution < -0.4 is 10.6 Å². The van der Waals surface area contributed by atoms with E-state index in [1.807, 2.05) is 0 Å². The molecule has 2 aromatic heterocycles. The lowest BCUT2D eigenvalue weighted by Crippen LogP contribution is -2.34. The molecule has 0 bridgehead atoms. The van der Waals surface area contributed by atoms with Gasteiger partial charge in [-0.3, -0.25) is 0 Å². The fraction of sp³-hybridized carbons (Fsp3) is 0.412.